The van der Waals surface area contributed by atoms with Crippen LogP contribution in [0.1, 0.15) is 0 Å². The average molecular weight is 288 g/mol. The summed E-state index contributed by atoms with van der Waals surface area (Å²) in [5, 5.41) is 2.62. The number of cyclic esters (lactones) is 1. The fraction of sp³-hybridized carbons (Fsp3) is 0.250. The Morgan fingerprint density at radius 1 is 1.38 bits per heavy atom. The van der Waals surface area contributed by atoms with Crippen LogP contribution in [0.5, 0.6) is 0 Å². The zero-order chi connectivity index (χ0) is 14.7. The quantitative estimate of drug-likeness (QED) is 0.853. The zero-order valence-corrected chi connectivity index (χ0v) is 11.0. The van der Waals surface area contributed by atoms with Gasteiger partial charge in [-0.25, -0.2) is 19.7 Å². The first-order valence-corrected chi connectivity index (χ1v) is 6.24. The van der Waals surface area contributed by atoms with Crippen molar-refractivity contribution >= 4 is 17.7 Å². The van der Waals surface area contributed by atoms with Gasteiger partial charge in [0.2, 0.25) is 11.9 Å². The molecule has 9 heteroatoms. The second-order valence-electron chi connectivity index (χ2n) is 4.33. The molecule has 3 rings (SSSR count). The molecule has 0 unspecified atom stereocenters. The van der Waals surface area contributed by atoms with Gasteiger partial charge in [0.05, 0.1) is 24.6 Å². The molecule has 0 atom stereocenters. The van der Waals surface area contributed by atoms with Crippen molar-refractivity contribution in [2.24, 2.45) is 0 Å². The van der Waals surface area contributed by atoms with Gasteiger partial charge < -0.3 is 10.1 Å². The van der Waals surface area contributed by atoms with Gasteiger partial charge in [0.1, 0.15) is 19.5 Å². The Labute approximate surface area is 119 Å². The first kappa shape index (κ1) is 13.0. The van der Waals surface area contributed by atoms with E-state index in [1.165, 1.54) is 17.3 Å². The van der Waals surface area contributed by atoms with Crippen LogP contribution in [0.4, 0.5) is 10.5 Å². The summed E-state index contributed by atoms with van der Waals surface area (Å²) >= 11 is 0. The van der Waals surface area contributed by atoms with Crippen LogP contribution in [0.15, 0.2) is 31.1 Å². The lowest BCUT2D eigenvalue weighted by atomic mass is 10.4. The zero-order valence-electron chi connectivity index (χ0n) is 11.0. The van der Waals surface area contributed by atoms with E-state index in [1.54, 1.807) is 23.3 Å². The van der Waals surface area contributed by atoms with E-state index in [2.05, 4.69) is 20.3 Å². The van der Waals surface area contributed by atoms with Crippen molar-refractivity contribution in [2.45, 2.75) is 0 Å². The molecule has 1 fully saturated rings. The van der Waals surface area contributed by atoms with Crippen molar-refractivity contribution in [1.29, 1.82) is 0 Å². The highest BCUT2D eigenvalue weighted by molar-refractivity contribution is 5.93. The van der Waals surface area contributed by atoms with Crippen LogP contribution in [-0.2, 0) is 9.53 Å². The van der Waals surface area contributed by atoms with Crippen molar-refractivity contribution in [1.82, 2.24) is 24.4 Å². The van der Waals surface area contributed by atoms with Crippen LogP contribution in [0.2, 0.25) is 0 Å². The summed E-state index contributed by atoms with van der Waals surface area (Å²) in [7, 11) is 0. The molecule has 3 heterocycles. The Kier molecular flexibility index (Phi) is 3.46. The molecule has 0 aromatic carbocycles. The number of anilines is 1. The molecular formula is C12H12N6O3. The lowest BCUT2D eigenvalue weighted by molar-refractivity contribution is -0.116. The number of nitrogens with one attached hydrogen (secondary N) is 1. The number of carbonyl (C=O) groups excluding carboxylic acids is 2. The SMILES string of the molecule is O=C(CN1CCOC1=O)Nc1cnc(-n2ccnc2)nc1. The smallest absolute Gasteiger partial charge is 0.410 e. The average Bonchev–Trinajstić information content (AvgIpc) is 3.12. The molecule has 0 spiro atoms. The molecule has 0 aliphatic carbocycles. The van der Waals surface area contributed by atoms with Crippen LogP contribution in [0.25, 0.3) is 5.95 Å². The van der Waals surface area contributed by atoms with Gasteiger partial charge in [-0.2, -0.15) is 0 Å². The number of hydrogen-bond donors (Lipinski definition) is 1. The van der Waals surface area contributed by atoms with Crippen molar-refractivity contribution < 1.29 is 14.3 Å². The van der Waals surface area contributed by atoms with E-state index in [9.17, 15) is 9.59 Å². The monoisotopic (exact) mass is 288 g/mol. The molecule has 2 aromatic rings. The minimum atomic E-state index is -0.475. The molecule has 0 radical (unpaired) electrons. The third-order valence-corrected chi connectivity index (χ3v) is 2.84. The minimum Gasteiger partial charge on any atom is -0.448 e. The first-order chi connectivity index (χ1) is 10.2. The summed E-state index contributed by atoms with van der Waals surface area (Å²) in [4.78, 5) is 36.5. The normalized spacial score (nSPS) is 14.1. The standard InChI is InChI=1S/C12H12N6O3/c19-10(7-17-3-4-21-12(17)20)16-9-5-14-11(15-6-9)18-2-1-13-8-18/h1-2,5-6,8H,3-4,7H2,(H,16,19). The highest BCUT2D eigenvalue weighted by Gasteiger charge is 2.24. The molecular weight excluding hydrogens is 276 g/mol. The third-order valence-electron chi connectivity index (χ3n) is 2.84. The largest absolute Gasteiger partial charge is 0.448 e. The van der Waals surface area contributed by atoms with Crippen LogP contribution >= 0.6 is 0 Å². The van der Waals surface area contributed by atoms with Crippen LogP contribution in [0, 0.1) is 0 Å². The van der Waals surface area contributed by atoms with Gasteiger partial charge in [-0.1, -0.05) is 0 Å². The molecule has 2 aromatic heterocycles. The van der Waals surface area contributed by atoms with Gasteiger partial charge in [-0.3, -0.25) is 14.3 Å². The Balaban J connectivity index is 1.60. The number of ether oxygens (including phenoxy) is 1. The number of amides is 2. The molecule has 1 aliphatic rings. The van der Waals surface area contributed by atoms with Gasteiger partial charge >= 0.3 is 6.09 Å². The molecule has 1 saturated heterocycles. The summed E-state index contributed by atoms with van der Waals surface area (Å²) in [6, 6.07) is 0. The van der Waals surface area contributed by atoms with E-state index in [0.717, 1.165) is 0 Å². The van der Waals surface area contributed by atoms with E-state index in [0.29, 0.717) is 24.8 Å². The van der Waals surface area contributed by atoms with Crippen molar-refractivity contribution in [3.05, 3.63) is 31.1 Å². The van der Waals surface area contributed by atoms with Gasteiger partial charge in [-0.15, -0.1) is 0 Å². The van der Waals surface area contributed by atoms with E-state index in [1.807, 2.05) is 0 Å². The highest BCUT2D eigenvalue weighted by Crippen LogP contribution is 2.07. The Morgan fingerprint density at radius 3 is 2.81 bits per heavy atom. The van der Waals surface area contributed by atoms with Gasteiger partial charge in [0.25, 0.3) is 0 Å². The predicted molar refractivity (Wildman–Crippen MR) is 70.7 cm³/mol. The third kappa shape index (κ3) is 2.96. The van der Waals surface area contributed by atoms with E-state index in [-0.39, 0.29) is 12.5 Å². The fourth-order valence-corrected chi connectivity index (χ4v) is 1.84. The Bertz CT molecular complexity index is 640. The summed E-state index contributed by atoms with van der Waals surface area (Å²) in [5.74, 6) is 0.126. The lowest BCUT2D eigenvalue weighted by Crippen LogP contribution is -2.33. The second kappa shape index (κ2) is 5.57. The van der Waals surface area contributed by atoms with E-state index >= 15 is 0 Å². The number of nitrogens with zero attached hydrogens (tertiary/aromatic N) is 5. The van der Waals surface area contributed by atoms with Crippen molar-refractivity contribution in [3.63, 3.8) is 0 Å². The lowest BCUT2D eigenvalue weighted by Gasteiger charge is -2.12. The van der Waals surface area contributed by atoms with Crippen molar-refractivity contribution in [2.75, 3.05) is 25.0 Å². The molecule has 1 N–H and O–H groups in total. The number of hydrogen-bond acceptors (Lipinski definition) is 6. The minimum absolute atomic E-state index is 0.0535. The molecule has 0 bridgehead atoms. The van der Waals surface area contributed by atoms with Gasteiger partial charge in [0, 0.05) is 12.4 Å². The van der Waals surface area contributed by atoms with Crippen LogP contribution in [-0.4, -0.2) is 56.1 Å². The van der Waals surface area contributed by atoms with E-state index in [4.69, 9.17) is 4.74 Å². The molecule has 2 amide bonds. The molecule has 21 heavy (non-hydrogen) atoms. The molecule has 0 saturated carbocycles. The Hall–Kier alpha value is -2.97. The first-order valence-electron chi connectivity index (χ1n) is 6.24. The Morgan fingerprint density at radius 2 is 2.19 bits per heavy atom. The summed E-state index contributed by atoms with van der Waals surface area (Å²) < 4.78 is 6.39. The molecule has 1 aliphatic heterocycles. The van der Waals surface area contributed by atoms with Gasteiger partial charge in [-0.05, 0) is 0 Å². The number of carbonyl (C=O) groups is 2. The highest BCUT2D eigenvalue weighted by atomic mass is 16.6. The maximum Gasteiger partial charge on any atom is 0.410 e. The number of imidazole rings is 1. The predicted octanol–water partition coefficient (Wildman–Crippen LogP) is 0.0530. The van der Waals surface area contributed by atoms with Crippen molar-refractivity contribution in [3.8, 4) is 5.95 Å². The van der Waals surface area contributed by atoms with E-state index < -0.39 is 6.09 Å². The number of aromatic nitrogens is 4. The maximum absolute atomic E-state index is 11.8. The second-order valence-corrected chi connectivity index (χ2v) is 4.33. The maximum atomic E-state index is 11.8. The fourth-order valence-electron chi connectivity index (χ4n) is 1.84. The van der Waals surface area contributed by atoms with Crippen LogP contribution in [0.3, 0.4) is 0 Å². The molecule has 9 nitrogen and oxygen atoms in total. The summed E-state index contributed by atoms with van der Waals surface area (Å²) in [6.07, 6.45) is 7.41. The molecule has 108 valence electrons. The summed E-state index contributed by atoms with van der Waals surface area (Å²) in [6.45, 7) is 0.680. The topological polar surface area (TPSA) is 102 Å². The van der Waals surface area contributed by atoms with Crippen LogP contribution < -0.4 is 5.32 Å². The summed E-state index contributed by atoms with van der Waals surface area (Å²) in [5.41, 5.74) is 0.455. The van der Waals surface area contributed by atoms with Gasteiger partial charge in [0.15, 0.2) is 0 Å². The number of rotatable bonds is 4.